The highest BCUT2D eigenvalue weighted by Crippen LogP contribution is 2.27. The fourth-order valence-electron chi connectivity index (χ4n) is 2.12. The molecule has 0 aromatic carbocycles. The Morgan fingerprint density at radius 2 is 2.15 bits per heavy atom. The number of nitrogen functional groups attached to an aromatic ring is 1. The number of anilines is 1. The topological polar surface area (TPSA) is 119 Å². The van der Waals surface area contributed by atoms with Gasteiger partial charge in [0.2, 0.25) is 10.0 Å². The van der Waals surface area contributed by atoms with Crippen molar-refractivity contribution in [2.24, 2.45) is 0 Å². The largest absolute Gasteiger partial charge is 0.383 e. The Morgan fingerprint density at radius 1 is 1.50 bits per heavy atom. The van der Waals surface area contributed by atoms with Crippen molar-refractivity contribution in [2.75, 3.05) is 17.2 Å². The zero-order valence-corrected chi connectivity index (χ0v) is 13.8. The first-order chi connectivity index (χ1) is 9.03. The fourth-order valence-corrected chi connectivity index (χ4v) is 6.33. The molecule has 1 aliphatic heterocycles. The van der Waals surface area contributed by atoms with E-state index in [2.05, 4.69) is 25.6 Å². The van der Waals surface area contributed by atoms with Gasteiger partial charge in [-0.15, -0.1) is 0 Å². The third kappa shape index (κ3) is 3.30. The van der Waals surface area contributed by atoms with E-state index in [0.29, 0.717) is 4.47 Å². The van der Waals surface area contributed by atoms with Crippen LogP contribution in [-0.2, 0) is 19.9 Å². The molecule has 3 N–H and O–H groups in total. The number of sulfone groups is 1. The third-order valence-corrected chi connectivity index (χ3v) is 7.03. The number of sulfonamides is 1. The number of pyridine rings is 1. The highest BCUT2D eigenvalue weighted by molar-refractivity contribution is 9.10. The van der Waals surface area contributed by atoms with Crippen molar-refractivity contribution in [3.8, 4) is 0 Å². The van der Waals surface area contributed by atoms with E-state index < -0.39 is 25.4 Å². The standard InChI is InChI=1S/C10H14BrN3O4S2/c1-10(2-3-19(15,16)6-10)14-20(17,18)8-4-7(11)5-13-9(8)12/h4-5,14H,2-3,6H2,1H3,(H2,12,13). The lowest BCUT2D eigenvalue weighted by Crippen LogP contribution is -2.46. The number of hydrogen-bond donors (Lipinski definition) is 2. The summed E-state index contributed by atoms with van der Waals surface area (Å²) >= 11 is 3.13. The molecule has 0 spiro atoms. The van der Waals surface area contributed by atoms with Gasteiger partial charge in [-0.3, -0.25) is 0 Å². The quantitative estimate of drug-likeness (QED) is 0.773. The van der Waals surface area contributed by atoms with Gasteiger partial charge in [0.05, 0.1) is 11.5 Å². The number of rotatable bonds is 3. The van der Waals surface area contributed by atoms with Gasteiger partial charge in [0.25, 0.3) is 0 Å². The number of nitrogens with two attached hydrogens (primary N) is 1. The molecule has 0 amide bonds. The molecule has 7 nitrogen and oxygen atoms in total. The van der Waals surface area contributed by atoms with Gasteiger partial charge < -0.3 is 5.73 Å². The maximum Gasteiger partial charge on any atom is 0.244 e. The van der Waals surface area contributed by atoms with E-state index in [1.54, 1.807) is 6.92 Å². The van der Waals surface area contributed by atoms with Crippen LogP contribution in [0.5, 0.6) is 0 Å². The number of nitrogens with zero attached hydrogens (tertiary/aromatic N) is 1. The first-order valence-corrected chi connectivity index (χ1v) is 9.78. The Hall–Kier alpha value is -0.710. The molecule has 2 heterocycles. The summed E-state index contributed by atoms with van der Waals surface area (Å²) in [5.74, 6) is -0.385. The Kier molecular flexibility index (Phi) is 3.87. The highest BCUT2D eigenvalue weighted by Gasteiger charge is 2.41. The summed E-state index contributed by atoms with van der Waals surface area (Å²) in [4.78, 5) is 3.60. The van der Waals surface area contributed by atoms with Crippen LogP contribution in [0.1, 0.15) is 13.3 Å². The van der Waals surface area contributed by atoms with E-state index in [9.17, 15) is 16.8 Å². The number of halogens is 1. The lowest BCUT2D eigenvalue weighted by molar-refractivity contribution is 0.462. The van der Waals surface area contributed by atoms with E-state index in [1.807, 2.05) is 0 Å². The summed E-state index contributed by atoms with van der Waals surface area (Å²) in [6, 6.07) is 1.33. The summed E-state index contributed by atoms with van der Waals surface area (Å²) in [5.41, 5.74) is 4.56. The van der Waals surface area contributed by atoms with Gasteiger partial charge in [-0.05, 0) is 35.3 Å². The SMILES string of the molecule is CC1(NS(=O)(=O)c2cc(Br)cnc2N)CCS(=O)(=O)C1. The van der Waals surface area contributed by atoms with E-state index in [-0.39, 0.29) is 28.6 Å². The highest BCUT2D eigenvalue weighted by atomic mass is 79.9. The molecule has 1 fully saturated rings. The Labute approximate surface area is 126 Å². The van der Waals surface area contributed by atoms with Crippen LogP contribution in [0.25, 0.3) is 0 Å². The first-order valence-electron chi connectivity index (χ1n) is 5.68. The second kappa shape index (κ2) is 4.93. The van der Waals surface area contributed by atoms with Crippen molar-refractivity contribution in [1.82, 2.24) is 9.71 Å². The smallest absolute Gasteiger partial charge is 0.244 e. The van der Waals surface area contributed by atoms with Crippen LogP contribution in [0.15, 0.2) is 21.6 Å². The van der Waals surface area contributed by atoms with Gasteiger partial charge in [0, 0.05) is 16.2 Å². The molecule has 0 aliphatic carbocycles. The Morgan fingerprint density at radius 3 is 2.70 bits per heavy atom. The average molecular weight is 384 g/mol. The minimum atomic E-state index is -3.94. The minimum absolute atomic E-state index is 0.0295. The van der Waals surface area contributed by atoms with Crippen molar-refractivity contribution in [3.63, 3.8) is 0 Å². The molecule has 0 radical (unpaired) electrons. The molecule has 112 valence electrons. The van der Waals surface area contributed by atoms with Crippen LogP contribution < -0.4 is 10.5 Å². The molecule has 0 bridgehead atoms. The average Bonchev–Trinajstić information content (AvgIpc) is 2.55. The van der Waals surface area contributed by atoms with E-state index in [0.717, 1.165) is 0 Å². The maximum atomic E-state index is 12.3. The van der Waals surface area contributed by atoms with Crippen molar-refractivity contribution in [3.05, 3.63) is 16.7 Å². The summed E-state index contributed by atoms with van der Waals surface area (Å²) in [7, 11) is -7.15. The molecule has 1 saturated heterocycles. The predicted molar refractivity (Wildman–Crippen MR) is 78.3 cm³/mol. The minimum Gasteiger partial charge on any atom is -0.383 e. The molecule has 1 unspecified atom stereocenters. The molecular weight excluding hydrogens is 370 g/mol. The third-order valence-electron chi connectivity index (χ3n) is 3.02. The number of aromatic nitrogens is 1. The summed E-state index contributed by atoms with van der Waals surface area (Å²) in [6.07, 6.45) is 1.62. The molecule has 1 aliphatic rings. The van der Waals surface area contributed by atoms with Gasteiger partial charge in [0.15, 0.2) is 9.84 Å². The van der Waals surface area contributed by atoms with Crippen LogP contribution in [0.3, 0.4) is 0 Å². The van der Waals surface area contributed by atoms with Gasteiger partial charge in [-0.2, -0.15) is 0 Å². The van der Waals surface area contributed by atoms with Crippen molar-refractivity contribution < 1.29 is 16.8 Å². The molecule has 2 rings (SSSR count). The molecular formula is C10H14BrN3O4S2. The summed E-state index contributed by atoms with van der Waals surface area (Å²) in [6.45, 7) is 1.57. The molecule has 0 saturated carbocycles. The maximum absolute atomic E-state index is 12.3. The molecule has 1 aromatic heterocycles. The summed E-state index contributed by atoms with van der Waals surface area (Å²) < 4.78 is 50.6. The normalized spacial score (nSPS) is 25.7. The van der Waals surface area contributed by atoms with Gasteiger partial charge >= 0.3 is 0 Å². The molecule has 1 aromatic rings. The molecule has 1 atom stereocenters. The van der Waals surface area contributed by atoms with Gasteiger partial charge in [-0.1, -0.05) is 0 Å². The van der Waals surface area contributed by atoms with Gasteiger partial charge in [0.1, 0.15) is 10.7 Å². The van der Waals surface area contributed by atoms with E-state index in [4.69, 9.17) is 5.73 Å². The van der Waals surface area contributed by atoms with Crippen molar-refractivity contribution in [1.29, 1.82) is 0 Å². The summed E-state index contributed by atoms with van der Waals surface area (Å²) in [5, 5.41) is 0. The van der Waals surface area contributed by atoms with Crippen LogP contribution >= 0.6 is 15.9 Å². The van der Waals surface area contributed by atoms with E-state index >= 15 is 0 Å². The predicted octanol–water partition coefficient (Wildman–Crippen LogP) is 0.282. The monoisotopic (exact) mass is 383 g/mol. The Balaban J connectivity index is 2.35. The zero-order chi connectivity index (χ0) is 15.2. The van der Waals surface area contributed by atoms with E-state index in [1.165, 1.54) is 12.3 Å². The van der Waals surface area contributed by atoms with Crippen molar-refractivity contribution >= 4 is 41.6 Å². The fraction of sp³-hybridized carbons (Fsp3) is 0.500. The second-order valence-corrected chi connectivity index (χ2v) is 9.80. The second-order valence-electron chi connectivity index (χ2n) is 5.05. The molecule has 10 heteroatoms. The van der Waals surface area contributed by atoms with Crippen LogP contribution in [0, 0.1) is 0 Å². The van der Waals surface area contributed by atoms with Crippen LogP contribution in [0.4, 0.5) is 5.82 Å². The van der Waals surface area contributed by atoms with Crippen LogP contribution in [0.2, 0.25) is 0 Å². The van der Waals surface area contributed by atoms with Crippen molar-refractivity contribution in [2.45, 2.75) is 23.8 Å². The van der Waals surface area contributed by atoms with Gasteiger partial charge in [-0.25, -0.2) is 26.5 Å². The first kappa shape index (κ1) is 15.7. The lowest BCUT2D eigenvalue weighted by atomic mass is 10.0. The lowest BCUT2D eigenvalue weighted by Gasteiger charge is -2.23. The number of hydrogen-bond acceptors (Lipinski definition) is 6. The zero-order valence-electron chi connectivity index (χ0n) is 10.6. The Bertz CT molecular complexity index is 748. The molecule has 20 heavy (non-hydrogen) atoms. The van der Waals surface area contributed by atoms with Crippen LogP contribution in [-0.4, -0.2) is 38.9 Å². The number of nitrogens with one attached hydrogen (secondary N) is 1.